The minimum atomic E-state index is -0.628. The lowest BCUT2D eigenvalue weighted by Crippen LogP contribution is -2.40. The lowest BCUT2D eigenvalue weighted by molar-refractivity contribution is 0.0705. The topological polar surface area (TPSA) is 125 Å². The van der Waals surface area contributed by atoms with Gasteiger partial charge >= 0.3 is 0 Å². The number of rotatable bonds is 10. The van der Waals surface area contributed by atoms with E-state index in [-0.39, 0.29) is 11.6 Å². The number of benzene rings is 1. The number of hydroxylamine groups is 1. The van der Waals surface area contributed by atoms with Crippen LogP contribution < -0.4 is 25.2 Å². The summed E-state index contributed by atoms with van der Waals surface area (Å²) in [6.45, 7) is 7.68. The van der Waals surface area contributed by atoms with Gasteiger partial charge in [-0.1, -0.05) is 0 Å². The molecule has 0 atom stereocenters. The maximum atomic E-state index is 11.5. The van der Waals surface area contributed by atoms with Crippen molar-refractivity contribution in [3.05, 3.63) is 41.9 Å². The molecule has 5 rings (SSSR count). The number of pyridine rings is 1. The van der Waals surface area contributed by atoms with Crippen LogP contribution in [-0.2, 0) is 0 Å². The average Bonchev–Trinajstić information content (AvgIpc) is 3.48. The van der Waals surface area contributed by atoms with Gasteiger partial charge in [-0.05, 0) is 64.3 Å². The number of carbonyl (C=O) groups is 1. The molecular formula is C28H37N7O4. The smallest absolute Gasteiger partial charge is 0.277 e. The molecule has 0 bridgehead atoms. The van der Waals surface area contributed by atoms with Gasteiger partial charge in [-0.25, -0.2) is 15.4 Å². The first kappa shape index (κ1) is 26.9. The quantitative estimate of drug-likeness (QED) is 0.202. The second-order valence-electron chi connectivity index (χ2n) is 10.2. The Morgan fingerprint density at radius 2 is 1.82 bits per heavy atom. The number of hydrogen-bond donors (Lipinski definition) is 3. The number of carbonyl (C=O) groups excluding carboxylic acids is 1. The van der Waals surface area contributed by atoms with Gasteiger partial charge < -0.3 is 24.6 Å². The molecular weight excluding hydrogens is 498 g/mol. The Balaban J connectivity index is 1.23. The highest BCUT2D eigenvalue weighted by Gasteiger charge is 2.22. The van der Waals surface area contributed by atoms with Crippen LogP contribution in [0.1, 0.15) is 48.2 Å². The molecule has 0 spiro atoms. The van der Waals surface area contributed by atoms with Gasteiger partial charge in [-0.15, -0.1) is 0 Å². The molecule has 4 heterocycles. The highest BCUT2D eigenvalue weighted by atomic mass is 16.5. The summed E-state index contributed by atoms with van der Waals surface area (Å²) in [7, 11) is 1.67. The van der Waals surface area contributed by atoms with E-state index in [0.29, 0.717) is 18.3 Å². The molecule has 2 saturated heterocycles. The van der Waals surface area contributed by atoms with E-state index in [0.717, 1.165) is 66.9 Å². The van der Waals surface area contributed by atoms with Crippen LogP contribution in [0.15, 0.2) is 30.6 Å². The summed E-state index contributed by atoms with van der Waals surface area (Å²) in [5, 5.41) is 13.5. The van der Waals surface area contributed by atoms with Gasteiger partial charge in [0.2, 0.25) is 5.95 Å². The Morgan fingerprint density at radius 1 is 1.08 bits per heavy atom. The van der Waals surface area contributed by atoms with Crippen molar-refractivity contribution in [1.82, 2.24) is 25.3 Å². The Morgan fingerprint density at radius 3 is 2.51 bits per heavy atom. The van der Waals surface area contributed by atoms with E-state index in [9.17, 15) is 4.79 Å². The molecule has 0 unspecified atom stereocenters. The summed E-state index contributed by atoms with van der Waals surface area (Å²) in [5.74, 6) is 1.39. The van der Waals surface area contributed by atoms with Crippen LogP contribution in [0.25, 0.3) is 10.9 Å². The largest absolute Gasteiger partial charge is 0.493 e. The average molecular weight is 536 g/mol. The zero-order valence-electron chi connectivity index (χ0n) is 22.7. The van der Waals surface area contributed by atoms with Crippen molar-refractivity contribution < 1.29 is 19.5 Å². The van der Waals surface area contributed by atoms with Crippen LogP contribution in [0.4, 0.5) is 11.6 Å². The normalized spacial score (nSPS) is 16.4. The summed E-state index contributed by atoms with van der Waals surface area (Å²) >= 11 is 0. The van der Waals surface area contributed by atoms with Crippen LogP contribution in [0.5, 0.6) is 11.5 Å². The molecule has 2 aliphatic heterocycles. The zero-order chi connectivity index (χ0) is 27.2. The summed E-state index contributed by atoms with van der Waals surface area (Å²) < 4.78 is 11.8. The Hall–Kier alpha value is -3.70. The van der Waals surface area contributed by atoms with Crippen molar-refractivity contribution in [2.45, 2.75) is 45.1 Å². The van der Waals surface area contributed by atoms with E-state index in [1.165, 1.54) is 38.3 Å². The molecule has 11 heteroatoms. The highest BCUT2D eigenvalue weighted by Crippen LogP contribution is 2.36. The third-order valence-electron chi connectivity index (χ3n) is 7.44. The number of aromatic nitrogens is 3. The van der Waals surface area contributed by atoms with Gasteiger partial charge in [-0.2, -0.15) is 0 Å². The van der Waals surface area contributed by atoms with E-state index in [1.54, 1.807) is 12.6 Å². The number of amides is 1. The van der Waals surface area contributed by atoms with Crippen molar-refractivity contribution >= 4 is 28.4 Å². The minimum Gasteiger partial charge on any atom is -0.493 e. The number of ether oxygens (including phenoxy) is 2. The summed E-state index contributed by atoms with van der Waals surface area (Å²) in [4.78, 5) is 29.5. The van der Waals surface area contributed by atoms with Gasteiger partial charge in [0, 0.05) is 60.9 Å². The molecule has 208 valence electrons. The number of likely N-dealkylation sites (tertiary alicyclic amines) is 1. The monoisotopic (exact) mass is 535 g/mol. The summed E-state index contributed by atoms with van der Waals surface area (Å²) in [5.41, 5.74) is 4.66. The molecule has 1 amide bonds. The summed E-state index contributed by atoms with van der Waals surface area (Å²) in [6, 6.07) is 6.37. The number of nitrogens with zero attached hydrogens (tertiary/aromatic N) is 5. The first-order valence-electron chi connectivity index (χ1n) is 13.7. The SMILES string of the molecule is COc1cc2c(NC3CCN(c4ncc(C(=O)NO)cn4)CC3)cc(C)nc2cc1OCCCN1CCCC1. The summed E-state index contributed by atoms with van der Waals surface area (Å²) in [6.07, 6.45) is 8.24. The van der Waals surface area contributed by atoms with Crippen molar-refractivity contribution in [2.75, 3.05) is 56.7 Å². The Bertz CT molecular complexity index is 1270. The van der Waals surface area contributed by atoms with Crippen molar-refractivity contribution in [2.24, 2.45) is 0 Å². The number of nitrogens with one attached hydrogen (secondary N) is 2. The van der Waals surface area contributed by atoms with Crippen LogP contribution in [-0.4, -0.2) is 83.4 Å². The number of aryl methyl sites for hydroxylation is 1. The van der Waals surface area contributed by atoms with E-state index in [2.05, 4.69) is 31.2 Å². The second-order valence-corrected chi connectivity index (χ2v) is 10.2. The third-order valence-corrected chi connectivity index (χ3v) is 7.44. The van der Waals surface area contributed by atoms with Crippen LogP contribution in [0, 0.1) is 6.92 Å². The van der Waals surface area contributed by atoms with E-state index >= 15 is 0 Å². The van der Waals surface area contributed by atoms with Gasteiger partial charge in [0.25, 0.3) is 5.91 Å². The highest BCUT2D eigenvalue weighted by molar-refractivity contribution is 5.94. The minimum absolute atomic E-state index is 0.212. The first-order chi connectivity index (χ1) is 19.0. The van der Waals surface area contributed by atoms with Gasteiger partial charge in [0.1, 0.15) is 0 Å². The van der Waals surface area contributed by atoms with E-state index in [4.69, 9.17) is 19.7 Å². The number of methoxy groups -OCH3 is 1. The maximum Gasteiger partial charge on any atom is 0.277 e. The van der Waals surface area contributed by atoms with Gasteiger partial charge in [0.15, 0.2) is 11.5 Å². The molecule has 39 heavy (non-hydrogen) atoms. The van der Waals surface area contributed by atoms with Crippen LogP contribution in [0.3, 0.4) is 0 Å². The molecule has 0 aliphatic carbocycles. The molecule has 2 aromatic heterocycles. The van der Waals surface area contributed by atoms with Crippen LogP contribution in [0.2, 0.25) is 0 Å². The zero-order valence-corrected chi connectivity index (χ0v) is 22.7. The predicted molar refractivity (Wildman–Crippen MR) is 149 cm³/mol. The molecule has 1 aromatic carbocycles. The maximum absolute atomic E-state index is 11.5. The Labute approximate surface area is 228 Å². The third kappa shape index (κ3) is 6.48. The van der Waals surface area contributed by atoms with Crippen molar-refractivity contribution in [3.8, 4) is 11.5 Å². The van der Waals surface area contributed by atoms with Gasteiger partial charge in [0.05, 0.1) is 24.8 Å². The molecule has 3 aromatic rings. The number of piperidine rings is 1. The van der Waals surface area contributed by atoms with Crippen LogP contribution >= 0.6 is 0 Å². The van der Waals surface area contributed by atoms with Crippen molar-refractivity contribution in [3.63, 3.8) is 0 Å². The fourth-order valence-electron chi connectivity index (χ4n) is 5.34. The van der Waals surface area contributed by atoms with Crippen molar-refractivity contribution in [1.29, 1.82) is 0 Å². The fourth-order valence-corrected chi connectivity index (χ4v) is 5.34. The lowest BCUT2D eigenvalue weighted by Gasteiger charge is -2.33. The van der Waals surface area contributed by atoms with E-state index in [1.807, 2.05) is 19.1 Å². The molecule has 11 nitrogen and oxygen atoms in total. The van der Waals surface area contributed by atoms with Gasteiger partial charge in [-0.3, -0.25) is 15.0 Å². The molecule has 2 aliphatic rings. The molecule has 0 saturated carbocycles. The Kier molecular flexibility index (Phi) is 8.58. The first-order valence-corrected chi connectivity index (χ1v) is 13.7. The molecule has 2 fully saturated rings. The lowest BCUT2D eigenvalue weighted by atomic mass is 10.0. The number of anilines is 2. The van der Waals surface area contributed by atoms with E-state index < -0.39 is 5.91 Å². The fraction of sp³-hybridized carbons (Fsp3) is 0.500. The number of hydrogen-bond acceptors (Lipinski definition) is 10. The standard InChI is InChI=1S/C28H37N7O4/c1-19-14-23(32-21-6-11-35(12-7-21)28-29-17-20(18-30-28)27(36)33-37)22-15-25(38-2)26(16-24(22)31-19)39-13-5-10-34-8-3-4-9-34/h14-18,21,37H,3-13H2,1-2H3,(H,31,32)(H,33,36). The molecule has 3 N–H and O–H groups in total. The molecule has 0 radical (unpaired) electrons. The number of fused-ring (bicyclic) bond motifs is 1. The second kappa shape index (κ2) is 12.4. The predicted octanol–water partition coefficient (Wildman–Crippen LogP) is 3.41.